The number of nitrogens with two attached hydrogens (primary N) is 1. The van der Waals surface area contributed by atoms with E-state index in [0.29, 0.717) is 5.92 Å². The third-order valence-corrected chi connectivity index (χ3v) is 2.99. The molecule has 15 heavy (non-hydrogen) atoms. The minimum atomic E-state index is 0.555. The fourth-order valence-corrected chi connectivity index (χ4v) is 2.24. The summed E-state index contributed by atoms with van der Waals surface area (Å²) >= 11 is 0. The number of rotatable bonds is 4. The molecule has 0 fully saturated rings. The molecule has 1 aliphatic rings. The monoisotopic (exact) mass is 206 g/mol. The van der Waals surface area contributed by atoms with Gasteiger partial charge in [-0.15, -0.1) is 0 Å². The van der Waals surface area contributed by atoms with Crippen LogP contribution in [0.2, 0.25) is 0 Å². The molecule has 0 bridgehead atoms. The van der Waals surface area contributed by atoms with Gasteiger partial charge in [-0.05, 0) is 31.5 Å². The maximum Gasteiger partial charge on any atom is 0.124 e. The number of methoxy groups -OCH3 is 1. The van der Waals surface area contributed by atoms with Crippen LogP contribution in [0.1, 0.15) is 24.3 Å². The fraction of sp³-hybridized carbons (Fsp3) is 0.500. The highest BCUT2D eigenvalue weighted by Gasteiger charge is 2.24. The van der Waals surface area contributed by atoms with Crippen LogP contribution in [0.3, 0.4) is 0 Å². The van der Waals surface area contributed by atoms with Crippen molar-refractivity contribution >= 4 is 5.69 Å². The van der Waals surface area contributed by atoms with E-state index in [2.05, 4.69) is 11.4 Å². The highest BCUT2D eigenvalue weighted by molar-refractivity contribution is 5.63. The largest absolute Gasteiger partial charge is 0.496 e. The summed E-state index contributed by atoms with van der Waals surface area (Å²) in [6.07, 6.45) is 2.21. The molecule has 0 saturated carbocycles. The second-order valence-corrected chi connectivity index (χ2v) is 3.93. The van der Waals surface area contributed by atoms with Gasteiger partial charge in [0.25, 0.3) is 0 Å². The molecule has 2 rings (SSSR count). The van der Waals surface area contributed by atoms with Crippen LogP contribution in [-0.2, 0) is 0 Å². The van der Waals surface area contributed by atoms with Crippen molar-refractivity contribution in [2.75, 3.05) is 25.5 Å². The van der Waals surface area contributed by atoms with E-state index in [1.807, 2.05) is 12.1 Å². The minimum absolute atomic E-state index is 0.555. The van der Waals surface area contributed by atoms with Crippen LogP contribution in [0.4, 0.5) is 5.69 Å². The van der Waals surface area contributed by atoms with Crippen LogP contribution in [-0.4, -0.2) is 20.2 Å². The van der Waals surface area contributed by atoms with Crippen LogP contribution in [0.5, 0.6) is 5.75 Å². The SMILES string of the molecule is COc1cccc2c1C(CCCN)CN2. The Morgan fingerprint density at radius 2 is 2.40 bits per heavy atom. The van der Waals surface area contributed by atoms with Crippen molar-refractivity contribution in [2.45, 2.75) is 18.8 Å². The Hall–Kier alpha value is -1.22. The van der Waals surface area contributed by atoms with Crippen molar-refractivity contribution < 1.29 is 4.74 Å². The van der Waals surface area contributed by atoms with Crippen LogP contribution in [0, 0.1) is 0 Å². The van der Waals surface area contributed by atoms with E-state index < -0.39 is 0 Å². The van der Waals surface area contributed by atoms with Crippen molar-refractivity contribution in [3.63, 3.8) is 0 Å². The van der Waals surface area contributed by atoms with Gasteiger partial charge in [0.05, 0.1) is 7.11 Å². The predicted molar refractivity (Wildman–Crippen MR) is 62.5 cm³/mol. The van der Waals surface area contributed by atoms with Gasteiger partial charge in [-0.2, -0.15) is 0 Å². The summed E-state index contributed by atoms with van der Waals surface area (Å²) in [6.45, 7) is 1.77. The smallest absolute Gasteiger partial charge is 0.124 e. The first-order valence-electron chi connectivity index (χ1n) is 5.47. The molecule has 1 heterocycles. The lowest BCUT2D eigenvalue weighted by molar-refractivity contribution is 0.406. The second-order valence-electron chi connectivity index (χ2n) is 3.93. The summed E-state index contributed by atoms with van der Waals surface area (Å²) in [5.41, 5.74) is 8.09. The van der Waals surface area contributed by atoms with Gasteiger partial charge in [-0.1, -0.05) is 6.07 Å². The Labute approximate surface area is 90.6 Å². The van der Waals surface area contributed by atoms with Crippen LogP contribution < -0.4 is 15.8 Å². The van der Waals surface area contributed by atoms with Crippen molar-refractivity contribution in [3.05, 3.63) is 23.8 Å². The van der Waals surface area contributed by atoms with Crippen LogP contribution >= 0.6 is 0 Å². The highest BCUT2D eigenvalue weighted by Crippen LogP contribution is 2.40. The van der Waals surface area contributed by atoms with E-state index >= 15 is 0 Å². The number of benzene rings is 1. The first kappa shape index (κ1) is 10.3. The fourth-order valence-electron chi connectivity index (χ4n) is 2.24. The zero-order chi connectivity index (χ0) is 10.7. The molecule has 0 saturated heterocycles. The Morgan fingerprint density at radius 1 is 1.53 bits per heavy atom. The molecule has 0 spiro atoms. The van der Waals surface area contributed by atoms with Crippen LogP contribution in [0.15, 0.2) is 18.2 Å². The molecule has 0 amide bonds. The first-order chi connectivity index (χ1) is 7.36. The Bertz CT molecular complexity index is 338. The molecule has 3 heteroatoms. The molecule has 3 N–H and O–H groups in total. The van der Waals surface area contributed by atoms with E-state index in [0.717, 1.165) is 31.7 Å². The molecule has 3 nitrogen and oxygen atoms in total. The number of hydrogen-bond donors (Lipinski definition) is 2. The standard InChI is InChI=1S/C12H18N2O/c1-15-11-6-2-5-10-12(11)9(8-14-10)4-3-7-13/h2,5-6,9,14H,3-4,7-8,13H2,1H3. The third-order valence-electron chi connectivity index (χ3n) is 2.99. The van der Waals surface area contributed by atoms with Crippen molar-refractivity contribution in [1.29, 1.82) is 0 Å². The normalized spacial score (nSPS) is 18.4. The minimum Gasteiger partial charge on any atom is -0.496 e. The average Bonchev–Trinajstić information content (AvgIpc) is 2.69. The maximum atomic E-state index is 5.55. The van der Waals surface area contributed by atoms with Gasteiger partial charge in [-0.3, -0.25) is 0 Å². The summed E-state index contributed by atoms with van der Waals surface area (Å²) in [7, 11) is 1.73. The lowest BCUT2D eigenvalue weighted by atomic mass is 9.95. The molecule has 1 aromatic rings. The summed E-state index contributed by atoms with van der Waals surface area (Å²) in [6, 6.07) is 6.16. The van der Waals surface area contributed by atoms with Gasteiger partial charge < -0.3 is 15.8 Å². The molecule has 1 atom stereocenters. The van der Waals surface area contributed by atoms with Gasteiger partial charge in [0.15, 0.2) is 0 Å². The number of anilines is 1. The summed E-state index contributed by atoms with van der Waals surface area (Å²) < 4.78 is 5.40. The Kier molecular flexibility index (Phi) is 3.11. The summed E-state index contributed by atoms with van der Waals surface area (Å²) in [5.74, 6) is 1.55. The molecule has 1 unspecified atom stereocenters. The topological polar surface area (TPSA) is 47.3 Å². The van der Waals surface area contributed by atoms with Crippen molar-refractivity contribution in [2.24, 2.45) is 5.73 Å². The number of hydrogen-bond acceptors (Lipinski definition) is 3. The van der Waals surface area contributed by atoms with Gasteiger partial charge >= 0.3 is 0 Å². The molecule has 1 aromatic carbocycles. The molecule has 0 aromatic heterocycles. The zero-order valence-electron chi connectivity index (χ0n) is 9.12. The van der Waals surface area contributed by atoms with E-state index in [1.54, 1.807) is 7.11 Å². The summed E-state index contributed by atoms with van der Waals surface area (Å²) in [5, 5.41) is 3.41. The van der Waals surface area contributed by atoms with E-state index in [1.165, 1.54) is 11.3 Å². The molecule has 0 radical (unpaired) electrons. The van der Waals surface area contributed by atoms with Crippen molar-refractivity contribution in [1.82, 2.24) is 0 Å². The average molecular weight is 206 g/mol. The number of fused-ring (bicyclic) bond motifs is 1. The molecular weight excluding hydrogens is 188 g/mol. The van der Waals surface area contributed by atoms with Gasteiger partial charge in [-0.25, -0.2) is 0 Å². The first-order valence-corrected chi connectivity index (χ1v) is 5.47. The number of ether oxygens (including phenoxy) is 1. The Morgan fingerprint density at radius 3 is 3.13 bits per heavy atom. The van der Waals surface area contributed by atoms with Crippen molar-refractivity contribution in [3.8, 4) is 5.75 Å². The molecular formula is C12H18N2O. The van der Waals surface area contributed by atoms with Gasteiger partial charge in [0, 0.05) is 23.7 Å². The summed E-state index contributed by atoms with van der Waals surface area (Å²) in [4.78, 5) is 0. The van der Waals surface area contributed by atoms with E-state index in [-0.39, 0.29) is 0 Å². The number of nitrogens with one attached hydrogen (secondary N) is 1. The predicted octanol–water partition coefficient (Wildman–Crippen LogP) is 1.94. The van der Waals surface area contributed by atoms with E-state index in [4.69, 9.17) is 10.5 Å². The third kappa shape index (κ3) is 1.92. The quantitative estimate of drug-likeness (QED) is 0.791. The molecule has 82 valence electrons. The Balaban J connectivity index is 2.23. The lowest BCUT2D eigenvalue weighted by Crippen LogP contribution is -2.06. The zero-order valence-corrected chi connectivity index (χ0v) is 9.12. The molecule has 0 aliphatic carbocycles. The highest BCUT2D eigenvalue weighted by atomic mass is 16.5. The second kappa shape index (κ2) is 4.53. The lowest BCUT2D eigenvalue weighted by Gasteiger charge is -2.12. The maximum absolute atomic E-state index is 5.55. The molecule has 1 aliphatic heterocycles. The van der Waals surface area contributed by atoms with Crippen LogP contribution in [0.25, 0.3) is 0 Å². The van der Waals surface area contributed by atoms with Gasteiger partial charge in [0.1, 0.15) is 5.75 Å². The van der Waals surface area contributed by atoms with Gasteiger partial charge in [0.2, 0.25) is 0 Å². The van der Waals surface area contributed by atoms with E-state index in [9.17, 15) is 0 Å².